The quantitative estimate of drug-likeness (QED) is 0.602. The van der Waals surface area contributed by atoms with Crippen molar-refractivity contribution < 1.29 is 17.4 Å². The standard InChI is InChI=1S/C12H14F3NOS/c1-7(16-18(17)12(2,3)4)10-8(13)5-6-9(14)11(10)15/h5-6H,1-4H3/t18-/m0/s1. The lowest BCUT2D eigenvalue weighted by molar-refractivity contribution is 0.492. The molecule has 0 radical (unpaired) electrons. The van der Waals surface area contributed by atoms with Crippen molar-refractivity contribution in [2.45, 2.75) is 32.4 Å². The normalized spacial score (nSPS) is 14.7. The van der Waals surface area contributed by atoms with Gasteiger partial charge >= 0.3 is 0 Å². The van der Waals surface area contributed by atoms with Gasteiger partial charge in [0.05, 0.1) is 16.0 Å². The van der Waals surface area contributed by atoms with E-state index in [9.17, 15) is 17.4 Å². The molecule has 0 aliphatic heterocycles. The lowest BCUT2D eigenvalue weighted by Gasteiger charge is -2.14. The van der Waals surface area contributed by atoms with E-state index in [2.05, 4.69) is 4.40 Å². The summed E-state index contributed by atoms with van der Waals surface area (Å²) in [7, 11) is -1.66. The third-order valence-corrected chi connectivity index (χ3v) is 3.64. The van der Waals surface area contributed by atoms with Crippen LogP contribution < -0.4 is 0 Å². The van der Waals surface area contributed by atoms with Crippen LogP contribution in [0.5, 0.6) is 0 Å². The van der Waals surface area contributed by atoms with Crippen molar-refractivity contribution >= 4 is 16.7 Å². The van der Waals surface area contributed by atoms with Crippen LogP contribution in [0, 0.1) is 17.5 Å². The summed E-state index contributed by atoms with van der Waals surface area (Å²) in [6, 6.07) is 1.51. The number of hydrogen-bond donors (Lipinski definition) is 0. The molecule has 0 fully saturated rings. The van der Waals surface area contributed by atoms with E-state index in [1.165, 1.54) is 6.92 Å². The first-order valence-electron chi connectivity index (χ1n) is 5.25. The molecule has 0 saturated carbocycles. The maximum atomic E-state index is 13.5. The van der Waals surface area contributed by atoms with Gasteiger partial charge in [0, 0.05) is 0 Å². The lowest BCUT2D eigenvalue weighted by atomic mass is 10.1. The van der Waals surface area contributed by atoms with Crippen LogP contribution in [0.2, 0.25) is 0 Å². The molecule has 6 heteroatoms. The minimum absolute atomic E-state index is 0.127. The molecule has 2 nitrogen and oxygen atoms in total. The minimum atomic E-state index is -1.66. The molecular formula is C12H14F3NOS. The minimum Gasteiger partial charge on any atom is -0.234 e. The van der Waals surface area contributed by atoms with E-state index in [1.807, 2.05) is 0 Å². The Hall–Kier alpha value is -1.17. The fraction of sp³-hybridized carbons (Fsp3) is 0.417. The molecule has 0 saturated heterocycles. The van der Waals surface area contributed by atoms with Crippen LogP contribution >= 0.6 is 0 Å². The van der Waals surface area contributed by atoms with Crippen molar-refractivity contribution in [3.63, 3.8) is 0 Å². The topological polar surface area (TPSA) is 29.4 Å². The molecule has 0 aromatic heterocycles. The highest BCUT2D eigenvalue weighted by atomic mass is 32.2. The number of halogens is 3. The maximum Gasteiger partial charge on any atom is 0.170 e. The summed E-state index contributed by atoms with van der Waals surface area (Å²) < 4.78 is 54.7. The predicted octanol–water partition coefficient (Wildman–Crippen LogP) is 3.38. The number of benzene rings is 1. The zero-order valence-corrected chi connectivity index (χ0v) is 11.4. The second-order valence-electron chi connectivity index (χ2n) is 4.76. The van der Waals surface area contributed by atoms with Crippen molar-refractivity contribution in [3.8, 4) is 0 Å². The van der Waals surface area contributed by atoms with Crippen LogP contribution in [0.25, 0.3) is 0 Å². The zero-order valence-electron chi connectivity index (χ0n) is 10.6. The van der Waals surface area contributed by atoms with Crippen molar-refractivity contribution in [1.29, 1.82) is 0 Å². The van der Waals surface area contributed by atoms with E-state index < -0.39 is 38.7 Å². The molecule has 0 unspecified atom stereocenters. The summed E-state index contributed by atoms with van der Waals surface area (Å²) in [6.45, 7) is 6.33. The summed E-state index contributed by atoms with van der Waals surface area (Å²) in [4.78, 5) is 0. The van der Waals surface area contributed by atoms with Gasteiger partial charge in [-0.15, -0.1) is 0 Å². The van der Waals surface area contributed by atoms with Crippen LogP contribution in [0.1, 0.15) is 33.3 Å². The predicted molar refractivity (Wildman–Crippen MR) is 66.4 cm³/mol. The van der Waals surface area contributed by atoms with Gasteiger partial charge in [-0.2, -0.15) is 4.40 Å². The van der Waals surface area contributed by atoms with Crippen LogP contribution in [-0.4, -0.2) is 14.7 Å². The monoisotopic (exact) mass is 277 g/mol. The van der Waals surface area contributed by atoms with E-state index in [0.29, 0.717) is 6.07 Å². The van der Waals surface area contributed by atoms with E-state index in [-0.39, 0.29) is 5.71 Å². The Kier molecular flexibility index (Phi) is 4.32. The SMILES string of the molecule is CC(=N[S@@](=O)C(C)(C)C)c1c(F)ccc(F)c1F. The summed E-state index contributed by atoms with van der Waals surface area (Å²) >= 11 is 0. The van der Waals surface area contributed by atoms with Gasteiger partial charge in [-0.25, -0.2) is 17.4 Å². The van der Waals surface area contributed by atoms with Gasteiger partial charge in [-0.05, 0) is 39.8 Å². The summed E-state index contributed by atoms with van der Waals surface area (Å²) in [5.41, 5.74) is -0.703. The molecule has 100 valence electrons. The smallest absolute Gasteiger partial charge is 0.170 e. The number of rotatable bonds is 2. The lowest BCUT2D eigenvalue weighted by Crippen LogP contribution is -2.21. The first-order valence-corrected chi connectivity index (χ1v) is 6.36. The molecule has 1 aromatic carbocycles. The number of hydrogen-bond acceptors (Lipinski definition) is 1. The molecule has 0 aliphatic rings. The molecule has 1 rings (SSSR count). The van der Waals surface area contributed by atoms with Crippen LogP contribution in [-0.2, 0) is 11.0 Å². The van der Waals surface area contributed by atoms with E-state index >= 15 is 0 Å². The van der Waals surface area contributed by atoms with E-state index in [0.717, 1.165) is 6.07 Å². The third kappa shape index (κ3) is 3.19. The molecular weight excluding hydrogens is 263 g/mol. The molecule has 0 N–H and O–H groups in total. The first-order chi connectivity index (χ1) is 8.14. The number of nitrogens with zero attached hydrogens (tertiary/aromatic N) is 1. The highest BCUT2D eigenvalue weighted by Gasteiger charge is 2.22. The Balaban J connectivity index is 3.28. The van der Waals surface area contributed by atoms with Gasteiger partial charge in [0.2, 0.25) is 0 Å². The molecule has 18 heavy (non-hydrogen) atoms. The van der Waals surface area contributed by atoms with Gasteiger partial charge < -0.3 is 0 Å². The van der Waals surface area contributed by atoms with Crippen LogP contribution in [0.15, 0.2) is 16.5 Å². The van der Waals surface area contributed by atoms with E-state index in [4.69, 9.17) is 0 Å². The largest absolute Gasteiger partial charge is 0.234 e. The Morgan fingerprint density at radius 2 is 1.67 bits per heavy atom. The zero-order chi connectivity index (χ0) is 14.1. The first kappa shape index (κ1) is 14.9. The second-order valence-corrected chi connectivity index (χ2v) is 6.66. The summed E-state index contributed by atoms with van der Waals surface area (Å²) in [5.74, 6) is -3.41. The Labute approximate surface area is 107 Å². The van der Waals surface area contributed by atoms with Gasteiger partial charge in [-0.3, -0.25) is 0 Å². The van der Waals surface area contributed by atoms with Gasteiger partial charge in [0.25, 0.3) is 0 Å². The van der Waals surface area contributed by atoms with Crippen molar-refractivity contribution in [1.82, 2.24) is 0 Å². The van der Waals surface area contributed by atoms with Gasteiger partial charge in [-0.1, -0.05) is 0 Å². The Morgan fingerprint density at radius 3 is 2.17 bits per heavy atom. The molecule has 0 amide bonds. The van der Waals surface area contributed by atoms with Crippen molar-refractivity contribution in [2.75, 3.05) is 0 Å². The van der Waals surface area contributed by atoms with Gasteiger partial charge in [0.15, 0.2) is 11.6 Å². The molecule has 1 aromatic rings. The Morgan fingerprint density at radius 1 is 1.17 bits per heavy atom. The second kappa shape index (κ2) is 5.22. The van der Waals surface area contributed by atoms with Crippen molar-refractivity contribution in [2.24, 2.45) is 4.40 Å². The fourth-order valence-corrected chi connectivity index (χ4v) is 1.78. The molecule has 1 atom stereocenters. The van der Waals surface area contributed by atoms with Crippen LogP contribution in [0.3, 0.4) is 0 Å². The van der Waals surface area contributed by atoms with Crippen molar-refractivity contribution in [3.05, 3.63) is 35.1 Å². The average molecular weight is 277 g/mol. The Bertz CT molecular complexity index is 521. The molecule has 0 bridgehead atoms. The average Bonchev–Trinajstić information content (AvgIpc) is 2.22. The highest BCUT2D eigenvalue weighted by Crippen LogP contribution is 2.19. The third-order valence-electron chi connectivity index (χ3n) is 2.15. The summed E-state index contributed by atoms with van der Waals surface area (Å²) in [6.07, 6.45) is 0. The maximum absolute atomic E-state index is 13.5. The molecule has 0 heterocycles. The summed E-state index contributed by atoms with van der Waals surface area (Å²) in [5, 5.41) is 0. The van der Waals surface area contributed by atoms with Crippen LogP contribution in [0.4, 0.5) is 13.2 Å². The fourth-order valence-electron chi connectivity index (χ4n) is 1.17. The van der Waals surface area contributed by atoms with Gasteiger partial charge in [0.1, 0.15) is 16.8 Å². The van der Waals surface area contributed by atoms with E-state index in [1.54, 1.807) is 20.8 Å². The molecule has 0 spiro atoms. The molecule has 0 aliphatic carbocycles. The highest BCUT2D eigenvalue weighted by molar-refractivity contribution is 7.85.